The summed E-state index contributed by atoms with van der Waals surface area (Å²) in [4.78, 5) is 73.8. The molecule has 0 spiro atoms. The van der Waals surface area contributed by atoms with Crippen LogP contribution in [0.4, 0.5) is 9.59 Å². The van der Waals surface area contributed by atoms with Crippen molar-refractivity contribution in [3.8, 4) is 0 Å². The van der Waals surface area contributed by atoms with Gasteiger partial charge < -0.3 is 46.8 Å². The molecule has 42 heavy (non-hydrogen) atoms. The fourth-order valence-electron chi connectivity index (χ4n) is 3.29. The molecule has 0 aromatic rings. The summed E-state index contributed by atoms with van der Waals surface area (Å²) in [6.45, 7) is 10.8. The number of carbonyl (C=O) groups excluding carboxylic acids is 6. The lowest BCUT2D eigenvalue weighted by Gasteiger charge is -2.24. The molecule has 0 heterocycles. The highest BCUT2D eigenvalue weighted by Crippen LogP contribution is 2.13. The summed E-state index contributed by atoms with van der Waals surface area (Å²) in [7, 11) is 0. The van der Waals surface area contributed by atoms with Crippen LogP contribution in [0.3, 0.4) is 0 Å². The van der Waals surface area contributed by atoms with Crippen LogP contribution in [0.15, 0.2) is 0 Å². The summed E-state index contributed by atoms with van der Waals surface area (Å²) in [6, 6.07) is -3.57. The van der Waals surface area contributed by atoms with E-state index in [-0.39, 0.29) is 19.3 Å². The average molecular weight is 604 g/mol. The number of ether oxygens (including phenoxy) is 4. The third kappa shape index (κ3) is 18.9. The normalized spacial score (nSPS) is 13.6. The Bertz CT molecular complexity index is 914. The molecule has 3 atom stereocenters. The third-order valence-corrected chi connectivity index (χ3v) is 5.22. The molecule has 242 valence electrons. The van der Waals surface area contributed by atoms with Gasteiger partial charge in [-0.3, -0.25) is 4.79 Å². The first-order valence-corrected chi connectivity index (χ1v) is 14.0. The second-order valence-corrected chi connectivity index (χ2v) is 11.6. The molecule has 15 heteroatoms. The van der Waals surface area contributed by atoms with Gasteiger partial charge in [0, 0.05) is 6.42 Å². The molecule has 0 saturated heterocycles. The number of hydrogen-bond donors (Lipinski definition) is 5. The minimum atomic E-state index is -1.42. The van der Waals surface area contributed by atoms with Crippen LogP contribution in [0.25, 0.3) is 0 Å². The number of amides is 2. The van der Waals surface area contributed by atoms with E-state index in [4.69, 9.17) is 26.7 Å². The van der Waals surface area contributed by atoms with Crippen LogP contribution in [0.2, 0.25) is 0 Å². The maximum atomic E-state index is 12.5. The summed E-state index contributed by atoms with van der Waals surface area (Å²) in [6.07, 6.45) is -0.535. The van der Waals surface area contributed by atoms with Crippen LogP contribution >= 0.6 is 0 Å². The van der Waals surface area contributed by atoms with E-state index in [1.807, 2.05) is 0 Å². The Balaban J connectivity index is 4.88. The van der Waals surface area contributed by atoms with Gasteiger partial charge in [0.15, 0.2) is 0 Å². The van der Waals surface area contributed by atoms with Gasteiger partial charge in [0.1, 0.15) is 29.3 Å². The second-order valence-electron chi connectivity index (χ2n) is 11.6. The van der Waals surface area contributed by atoms with Gasteiger partial charge in [-0.15, -0.1) is 0 Å². The molecule has 0 aliphatic carbocycles. The van der Waals surface area contributed by atoms with Gasteiger partial charge in [0.25, 0.3) is 0 Å². The monoisotopic (exact) mass is 603 g/mol. The number of esters is 4. The highest BCUT2D eigenvalue weighted by Gasteiger charge is 2.30. The molecule has 0 fully saturated rings. The first-order chi connectivity index (χ1) is 19.4. The first-order valence-electron chi connectivity index (χ1n) is 14.0. The molecule has 0 aromatic heterocycles. The molecule has 0 aliphatic heterocycles. The van der Waals surface area contributed by atoms with Gasteiger partial charge in [-0.05, 0) is 99.6 Å². The summed E-state index contributed by atoms with van der Waals surface area (Å²) >= 11 is 0. The van der Waals surface area contributed by atoms with Crippen LogP contribution in [0.1, 0.15) is 92.9 Å². The van der Waals surface area contributed by atoms with Crippen LogP contribution < -0.4 is 27.8 Å². The van der Waals surface area contributed by atoms with Gasteiger partial charge in [-0.25, -0.2) is 24.0 Å². The predicted molar refractivity (Wildman–Crippen MR) is 152 cm³/mol. The summed E-state index contributed by atoms with van der Waals surface area (Å²) in [5, 5.41) is 4.60. The maximum Gasteiger partial charge on any atom is 0.415 e. The molecule has 0 bridgehead atoms. The minimum Gasteiger partial charge on any atom is -0.458 e. The Hall–Kier alpha value is -3.30. The summed E-state index contributed by atoms with van der Waals surface area (Å²) in [5.41, 5.74) is 15.1. The smallest absolute Gasteiger partial charge is 0.415 e. The lowest BCUT2D eigenvalue weighted by molar-refractivity contribution is -0.158. The number of carbonyl (C=O) groups is 6. The van der Waals surface area contributed by atoms with Crippen LogP contribution in [-0.4, -0.2) is 78.5 Å². The van der Waals surface area contributed by atoms with E-state index in [1.54, 1.807) is 41.5 Å². The number of unbranched alkanes of at least 4 members (excludes halogenated alkanes) is 2. The SMILES string of the molecule is CC(C)(C)OC(=O)C(CCCCN)NC(=O)OC(=O)CC[C@H](N)C(=O)OC(=O)NC(CCCCN)C(=O)OC(C)(C)C. The molecule has 0 rings (SSSR count). The summed E-state index contributed by atoms with van der Waals surface area (Å²) < 4.78 is 19.9. The van der Waals surface area contributed by atoms with Gasteiger partial charge >= 0.3 is 36.1 Å². The standard InChI is InChI=1S/C27H49N5O10/c1-26(2,3)41-22(35)18(11-7-9-15-28)31-24(37)39-20(33)14-13-17(30)21(34)40-25(38)32-19(12-8-10-16-29)23(36)42-27(4,5)6/h17-19H,7-16,28-30H2,1-6H3,(H,31,37)(H,32,38)/t17-,18?,19?/m0/s1. The molecule has 0 aromatic carbocycles. The zero-order valence-corrected chi connectivity index (χ0v) is 25.6. The van der Waals surface area contributed by atoms with E-state index in [0.717, 1.165) is 0 Å². The lowest BCUT2D eigenvalue weighted by Crippen LogP contribution is -2.46. The van der Waals surface area contributed by atoms with Crippen LogP contribution in [-0.2, 0) is 38.1 Å². The van der Waals surface area contributed by atoms with Gasteiger partial charge in [0.2, 0.25) is 0 Å². The highest BCUT2D eigenvalue weighted by molar-refractivity contribution is 5.91. The molecular weight excluding hydrogens is 554 g/mol. The van der Waals surface area contributed by atoms with E-state index in [9.17, 15) is 28.8 Å². The number of rotatable bonds is 16. The van der Waals surface area contributed by atoms with E-state index < -0.39 is 71.8 Å². The molecule has 0 aliphatic rings. The largest absolute Gasteiger partial charge is 0.458 e. The van der Waals surface area contributed by atoms with Crippen molar-refractivity contribution in [3.05, 3.63) is 0 Å². The topological polar surface area (TPSA) is 241 Å². The maximum absolute atomic E-state index is 12.5. The van der Waals surface area contributed by atoms with Gasteiger partial charge in [-0.2, -0.15) is 0 Å². The first kappa shape index (κ1) is 38.7. The van der Waals surface area contributed by atoms with E-state index in [0.29, 0.717) is 38.8 Å². The molecular formula is C27H49N5O10. The van der Waals surface area contributed by atoms with Crippen molar-refractivity contribution in [2.75, 3.05) is 13.1 Å². The molecule has 2 amide bonds. The molecule has 0 saturated carbocycles. The Kier molecular flexibility index (Phi) is 17.5. The second kappa shape index (κ2) is 19.0. The van der Waals surface area contributed by atoms with Crippen molar-refractivity contribution in [1.29, 1.82) is 0 Å². The molecule has 15 nitrogen and oxygen atoms in total. The zero-order chi connectivity index (χ0) is 32.5. The van der Waals surface area contributed by atoms with E-state index >= 15 is 0 Å². The van der Waals surface area contributed by atoms with Gasteiger partial charge in [0.05, 0.1) is 0 Å². The quantitative estimate of drug-likeness (QED) is 0.0723. The van der Waals surface area contributed by atoms with Crippen molar-refractivity contribution in [3.63, 3.8) is 0 Å². The Morgan fingerprint density at radius 1 is 0.619 bits per heavy atom. The van der Waals surface area contributed by atoms with E-state index in [2.05, 4.69) is 20.1 Å². The van der Waals surface area contributed by atoms with E-state index in [1.165, 1.54) is 0 Å². The Labute approximate surface area is 247 Å². The van der Waals surface area contributed by atoms with Crippen LogP contribution in [0, 0.1) is 0 Å². The fourth-order valence-corrected chi connectivity index (χ4v) is 3.29. The molecule has 8 N–H and O–H groups in total. The van der Waals surface area contributed by atoms with Crippen LogP contribution in [0.5, 0.6) is 0 Å². The Morgan fingerprint density at radius 3 is 1.40 bits per heavy atom. The molecule has 2 unspecified atom stereocenters. The third-order valence-electron chi connectivity index (χ3n) is 5.22. The van der Waals surface area contributed by atoms with Crippen molar-refractivity contribution < 1.29 is 47.7 Å². The lowest BCUT2D eigenvalue weighted by atomic mass is 10.1. The minimum absolute atomic E-state index is 0.206. The Morgan fingerprint density at radius 2 is 1.02 bits per heavy atom. The predicted octanol–water partition coefficient (Wildman–Crippen LogP) is 1.28. The summed E-state index contributed by atoms with van der Waals surface area (Å²) in [5.74, 6) is -3.60. The highest BCUT2D eigenvalue weighted by atomic mass is 16.6. The van der Waals surface area contributed by atoms with Crippen molar-refractivity contribution in [2.24, 2.45) is 17.2 Å². The average Bonchev–Trinajstić information content (AvgIpc) is 2.84. The number of hydrogen-bond acceptors (Lipinski definition) is 13. The number of nitrogens with one attached hydrogen (secondary N) is 2. The van der Waals surface area contributed by atoms with Crippen molar-refractivity contribution in [1.82, 2.24) is 10.6 Å². The van der Waals surface area contributed by atoms with Crippen molar-refractivity contribution in [2.45, 2.75) is 122 Å². The zero-order valence-electron chi connectivity index (χ0n) is 25.6. The molecule has 0 radical (unpaired) electrons. The fraction of sp³-hybridized carbons (Fsp3) is 0.778. The van der Waals surface area contributed by atoms with Crippen molar-refractivity contribution >= 4 is 36.1 Å². The number of nitrogens with two attached hydrogens (primary N) is 3. The van der Waals surface area contributed by atoms with Gasteiger partial charge in [-0.1, -0.05) is 0 Å². The number of alkyl carbamates (subject to hydrolysis) is 2.